The van der Waals surface area contributed by atoms with Crippen molar-refractivity contribution < 1.29 is 22.7 Å². The fourth-order valence-corrected chi connectivity index (χ4v) is 3.49. The molecule has 1 aliphatic heterocycles. The van der Waals surface area contributed by atoms with Gasteiger partial charge in [0, 0.05) is 19.6 Å². The highest BCUT2D eigenvalue weighted by molar-refractivity contribution is 5.82. The van der Waals surface area contributed by atoms with E-state index in [1.807, 2.05) is 27.7 Å². The zero-order chi connectivity index (χ0) is 19.5. The van der Waals surface area contributed by atoms with E-state index in [4.69, 9.17) is 4.74 Å². The Balaban J connectivity index is 2.04. The predicted molar refractivity (Wildman–Crippen MR) is 93.5 cm³/mol. The zero-order valence-electron chi connectivity index (χ0n) is 15.6. The summed E-state index contributed by atoms with van der Waals surface area (Å²) in [6.07, 6.45) is -4.31. The van der Waals surface area contributed by atoms with Crippen molar-refractivity contribution in [1.82, 2.24) is 10.2 Å². The molecule has 3 unspecified atom stereocenters. The molecule has 1 aromatic carbocycles. The zero-order valence-corrected chi connectivity index (χ0v) is 15.6. The molecular weight excluding hydrogens is 345 g/mol. The van der Waals surface area contributed by atoms with Gasteiger partial charge in [0.25, 0.3) is 0 Å². The maximum atomic E-state index is 12.8. The molecule has 1 fully saturated rings. The molecular formula is C19H27F3N2O2. The van der Waals surface area contributed by atoms with Gasteiger partial charge in [-0.05, 0) is 37.5 Å². The van der Waals surface area contributed by atoms with Gasteiger partial charge in [0.1, 0.15) is 0 Å². The van der Waals surface area contributed by atoms with Crippen molar-refractivity contribution in [2.75, 3.05) is 13.1 Å². The lowest BCUT2D eigenvalue weighted by molar-refractivity contribution is -0.137. The monoisotopic (exact) mass is 372 g/mol. The summed E-state index contributed by atoms with van der Waals surface area (Å²) in [5, 5.41) is 2.80. The van der Waals surface area contributed by atoms with Gasteiger partial charge in [-0.1, -0.05) is 26.0 Å². The van der Waals surface area contributed by atoms with Gasteiger partial charge in [0.15, 0.2) is 0 Å². The summed E-state index contributed by atoms with van der Waals surface area (Å²) < 4.78 is 44.2. The van der Waals surface area contributed by atoms with Crippen LogP contribution in [-0.2, 0) is 22.3 Å². The van der Waals surface area contributed by atoms with Crippen LogP contribution in [0.4, 0.5) is 13.2 Å². The molecule has 1 aliphatic rings. The fourth-order valence-electron chi connectivity index (χ4n) is 3.49. The summed E-state index contributed by atoms with van der Waals surface area (Å²) in [5.74, 6) is -0.0901. The van der Waals surface area contributed by atoms with Crippen molar-refractivity contribution >= 4 is 5.91 Å². The maximum Gasteiger partial charge on any atom is 0.416 e. The van der Waals surface area contributed by atoms with E-state index in [1.54, 1.807) is 6.07 Å². The van der Waals surface area contributed by atoms with Crippen LogP contribution in [0, 0.1) is 5.92 Å². The van der Waals surface area contributed by atoms with Crippen LogP contribution in [0.2, 0.25) is 0 Å². The van der Waals surface area contributed by atoms with Gasteiger partial charge in [0.05, 0.1) is 23.8 Å². The van der Waals surface area contributed by atoms with Crippen molar-refractivity contribution in [3.63, 3.8) is 0 Å². The smallest absolute Gasteiger partial charge is 0.373 e. The van der Waals surface area contributed by atoms with Gasteiger partial charge < -0.3 is 10.1 Å². The minimum absolute atomic E-state index is 0.0382. The van der Waals surface area contributed by atoms with Crippen LogP contribution in [0.15, 0.2) is 24.3 Å². The Kier molecular flexibility index (Phi) is 6.69. The number of alkyl halides is 3. The van der Waals surface area contributed by atoms with Gasteiger partial charge in [0.2, 0.25) is 5.91 Å². The number of morpholine rings is 1. The minimum Gasteiger partial charge on any atom is -0.373 e. The minimum atomic E-state index is -4.39. The number of carbonyl (C=O) groups is 1. The Labute approximate surface area is 152 Å². The topological polar surface area (TPSA) is 41.6 Å². The molecule has 0 bridgehead atoms. The predicted octanol–water partition coefficient (Wildman–Crippen LogP) is 3.46. The van der Waals surface area contributed by atoms with E-state index in [2.05, 4.69) is 10.2 Å². The van der Waals surface area contributed by atoms with E-state index in [0.29, 0.717) is 18.7 Å². The van der Waals surface area contributed by atoms with Crippen LogP contribution in [0.5, 0.6) is 0 Å². The first-order valence-electron chi connectivity index (χ1n) is 8.91. The highest BCUT2D eigenvalue weighted by atomic mass is 19.4. The summed E-state index contributed by atoms with van der Waals surface area (Å²) in [6.45, 7) is 9.27. The second-order valence-corrected chi connectivity index (χ2v) is 7.32. The number of benzene rings is 1. The summed E-state index contributed by atoms with van der Waals surface area (Å²) in [5.41, 5.74) is -0.278. The summed E-state index contributed by atoms with van der Waals surface area (Å²) in [4.78, 5) is 14.8. The third-order valence-corrected chi connectivity index (χ3v) is 4.46. The first kappa shape index (κ1) is 20.7. The number of halogens is 3. The van der Waals surface area contributed by atoms with E-state index >= 15 is 0 Å². The van der Waals surface area contributed by atoms with Crippen molar-refractivity contribution in [3.8, 4) is 0 Å². The number of amides is 1. The molecule has 1 aromatic rings. The highest BCUT2D eigenvalue weighted by Crippen LogP contribution is 2.29. The quantitative estimate of drug-likeness (QED) is 0.861. The average Bonchev–Trinajstić information content (AvgIpc) is 2.51. The Bertz CT molecular complexity index is 609. The Morgan fingerprint density at radius 1 is 1.27 bits per heavy atom. The molecule has 0 aromatic heterocycles. The fraction of sp³-hybridized carbons (Fsp3) is 0.632. The maximum absolute atomic E-state index is 12.8. The van der Waals surface area contributed by atoms with Gasteiger partial charge in [-0.3, -0.25) is 9.69 Å². The average molecular weight is 372 g/mol. The van der Waals surface area contributed by atoms with Crippen LogP contribution < -0.4 is 5.32 Å². The second-order valence-electron chi connectivity index (χ2n) is 7.32. The van der Waals surface area contributed by atoms with Gasteiger partial charge in [-0.15, -0.1) is 0 Å². The van der Waals surface area contributed by atoms with Crippen LogP contribution in [0.25, 0.3) is 0 Å². The normalized spacial score (nSPS) is 23.1. The highest BCUT2D eigenvalue weighted by Gasteiger charge is 2.34. The SMILES string of the molecule is CC1CN(C(C(=O)NCc2cccc(C(F)(F)F)c2)C(C)C)CC(C)O1. The molecule has 3 atom stereocenters. The third kappa shape index (κ3) is 5.45. The van der Waals surface area contributed by atoms with Crippen LogP contribution >= 0.6 is 0 Å². The van der Waals surface area contributed by atoms with Gasteiger partial charge in [-0.2, -0.15) is 13.2 Å². The molecule has 1 amide bonds. The summed E-state index contributed by atoms with van der Waals surface area (Å²) in [6, 6.07) is 4.70. The number of rotatable bonds is 5. The van der Waals surface area contributed by atoms with E-state index in [1.165, 1.54) is 6.07 Å². The molecule has 0 radical (unpaired) electrons. The van der Waals surface area contributed by atoms with Gasteiger partial charge in [-0.25, -0.2) is 0 Å². The molecule has 0 spiro atoms. The second kappa shape index (κ2) is 8.39. The molecule has 0 saturated carbocycles. The number of hydrogen-bond donors (Lipinski definition) is 1. The Morgan fingerprint density at radius 3 is 2.42 bits per heavy atom. The number of nitrogens with zero attached hydrogens (tertiary/aromatic N) is 1. The lowest BCUT2D eigenvalue weighted by atomic mass is 9.99. The first-order chi connectivity index (χ1) is 12.1. The molecule has 146 valence electrons. The molecule has 2 rings (SSSR count). The van der Waals surface area contributed by atoms with Crippen LogP contribution in [0.3, 0.4) is 0 Å². The van der Waals surface area contributed by atoms with E-state index in [0.717, 1.165) is 12.1 Å². The molecule has 26 heavy (non-hydrogen) atoms. The summed E-state index contributed by atoms with van der Waals surface area (Å²) >= 11 is 0. The van der Waals surface area contributed by atoms with Gasteiger partial charge >= 0.3 is 6.18 Å². The number of nitrogens with one attached hydrogen (secondary N) is 1. The molecule has 1 N–H and O–H groups in total. The van der Waals surface area contributed by atoms with Crippen molar-refractivity contribution in [1.29, 1.82) is 0 Å². The van der Waals surface area contributed by atoms with Crippen LogP contribution in [0.1, 0.15) is 38.8 Å². The molecule has 4 nitrogen and oxygen atoms in total. The van der Waals surface area contributed by atoms with E-state index in [-0.39, 0.29) is 36.6 Å². The molecule has 1 saturated heterocycles. The van der Waals surface area contributed by atoms with Crippen molar-refractivity contribution in [2.45, 2.75) is 58.7 Å². The van der Waals surface area contributed by atoms with E-state index in [9.17, 15) is 18.0 Å². The Hall–Kier alpha value is -1.60. The number of ether oxygens (including phenoxy) is 1. The summed E-state index contributed by atoms with van der Waals surface area (Å²) in [7, 11) is 0. The van der Waals surface area contributed by atoms with Crippen molar-refractivity contribution in [2.24, 2.45) is 5.92 Å². The van der Waals surface area contributed by atoms with Crippen molar-refractivity contribution in [3.05, 3.63) is 35.4 Å². The number of carbonyl (C=O) groups excluding carboxylic acids is 1. The molecule has 1 heterocycles. The third-order valence-electron chi connectivity index (χ3n) is 4.46. The molecule has 0 aliphatic carbocycles. The lowest BCUT2D eigenvalue weighted by Gasteiger charge is -2.41. The largest absolute Gasteiger partial charge is 0.416 e. The van der Waals surface area contributed by atoms with Crippen LogP contribution in [-0.4, -0.2) is 42.1 Å². The Morgan fingerprint density at radius 2 is 1.88 bits per heavy atom. The lowest BCUT2D eigenvalue weighted by Crippen LogP contribution is -2.56. The first-order valence-corrected chi connectivity index (χ1v) is 8.91. The molecule has 7 heteroatoms. The standard InChI is InChI=1S/C19H27F3N2O2/c1-12(2)17(24-10-13(3)26-14(4)11-24)18(25)23-9-15-6-5-7-16(8-15)19(20,21)22/h5-8,12-14,17H,9-11H2,1-4H3,(H,23,25). The van der Waals surface area contributed by atoms with E-state index < -0.39 is 11.7 Å². The number of hydrogen-bond acceptors (Lipinski definition) is 3.